The van der Waals surface area contributed by atoms with E-state index in [4.69, 9.17) is 4.98 Å². The van der Waals surface area contributed by atoms with Crippen LogP contribution >= 0.6 is 0 Å². The molecule has 3 heteroatoms. The van der Waals surface area contributed by atoms with Crippen molar-refractivity contribution in [1.82, 2.24) is 14.5 Å². The summed E-state index contributed by atoms with van der Waals surface area (Å²) in [6.07, 6.45) is 7.72. The summed E-state index contributed by atoms with van der Waals surface area (Å²) >= 11 is 0. The largest absolute Gasteiger partial charge is 0.342 e. The van der Waals surface area contributed by atoms with Crippen LogP contribution in [0.1, 0.15) is 17.0 Å². The zero-order chi connectivity index (χ0) is 15.8. The van der Waals surface area contributed by atoms with Crippen LogP contribution in [0.15, 0.2) is 54.9 Å². The lowest BCUT2D eigenvalue weighted by atomic mass is 10.1. The lowest BCUT2D eigenvalue weighted by molar-refractivity contribution is 0.996. The average Bonchev–Trinajstić information content (AvgIpc) is 2.88. The van der Waals surface area contributed by atoms with Crippen molar-refractivity contribution in [3.8, 4) is 0 Å². The summed E-state index contributed by atoms with van der Waals surface area (Å²) in [5.41, 5.74) is 5.59. The molecule has 112 valence electrons. The number of benzene rings is 1. The Morgan fingerprint density at radius 1 is 0.957 bits per heavy atom. The van der Waals surface area contributed by atoms with Gasteiger partial charge in [0.25, 0.3) is 0 Å². The second-order valence-electron chi connectivity index (χ2n) is 5.72. The molecule has 4 rings (SSSR count). The van der Waals surface area contributed by atoms with Gasteiger partial charge in [-0.05, 0) is 42.8 Å². The van der Waals surface area contributed by atoms with Crippen LogP contribution in [0.5, 0.6) is 0 Å². The van der Waals surface area contributed by atoms with Crippen molar-refractivity contribution in [1.29, 1.82) is 0 Å². The maximum absolute atomic E-state index is 4.75. The Hall–Kier alpha value is -2.94. The highest BCUT2D eigenvalue weighted by atomic mass is 15.0. The maximum Gasteiger partial charge on any atom is 0.0705 e. The molecule has 0 aliphatic heterocycles. The molecule has 0 bridgehead atoms. The fourth-order valence-corrected chi connectivity index (χ4v) is 3.17. The van der Waals surface area contributed by atoms with Crippen LogP contribution in [0.2, 0.25) is 0 Å². The monoisotopic (exact) mass is 299 g/mol. The van der Waals surface area contributed by atoms with Gasteiger partial charge in [-0.15, -0.1) is 0 Å². The number of para-hydroxylation sites is 1. The Labute approximate surface area is 134 Å². The second-order valence-corrected chi connectivity index (χ2v) is 5.72. The van der Waals surface area contributed by atoms with Crippen molar-refractivity contribution in [2.75, 3.05) is 0 Å². The summed E-state index contributed by atoms with van der Waals surface area (Å²) in [7, 11) is 2.10. The van der Waals surface area contributed by atoms with E-state index in [0.29, 0.717) is 0 Å². The van der Waals surface area contributed by atoms with Crippen LogP contribution < -0.4 is 0 Å². The van der Waals surface area contributed by atoms with Gasteiger partial charge in [0, 0.05) is 35.7 Å². The molecule has 1 aromatic carbocycles. The topological polar surface area (TPSA) is 30.7 Å². The first-order valence-electron chi connectivity index (χ1n) is 7.67. The third-order valence-electron chi connectivity index (χ3n) is 4.23. The Morgan fingerprint density at radius 3 is 2.57 bits per heavy atom. The number of pyridine rings is 2. The number of hydrogen-bond acceptors (Lipinski definition) is 2. The summed E-state index contributed by atoms with van der Waals surface area (Å²) in [6, 6.07) is 14.6. The van der Waals surface area contributed by atoms with Crippen LogP contribution in [0.4, 0.5) is 0 Å². The molecule has 0 saturated carbocycles. The number of aryl methyl sites for hydroxylation is 2. The third kappa shape index (κ3) is 2.30. The Morgan fingerprint density at radius 2 is 1.74 bits per heavy atom. The van der Waals surface area contributed by atoms with E-state index in [1.165, 1.54) is 21.8 Å². The molecule has 4 aromatic rings. The summed E-state index contributed by atoms with van der Waals surface area (Å²) in [5, 5.41) is 2.53. The molecule has 3 heterocycles. The molecule has 0 atom stereocenters. The molecule has 0 unspecified atom stereocenters. The first-order valence-corrected chi connectivity index (χ1v) is 7.67. The molecule has 0 radical (unpaired) electrons. The molecule has 0 aliphatic carbocycles. The van der Waals surface area contributed by atoms with E-state index in [9.17, 15) is 0 Å². The summed E-state index contributed by atoms with van der Waals surface area (Å²) < 4.78 is 2.23. The zero-order valence-electron chi connectivity index (χ0n) is 13.2. The van der Waals surface area contributed by atoms with Gasteiger partial charge >= 0.3 is 0 Å². The van der Waals surface area contributed by atoms with Crippen molar-refractivity contribution in [3.63, 3.8) is 0 Å². The molecule has 0 spiro atoms. The highest BCUT2D eigenvalue weighted by Crippen LogP contribution is 2.30. The van der Waals surface area contributed by atoms with E-state index < -0.39 is 0 Å². The summed E-state index contributed by atoms with van der Waals surface area (Å²) in [4.78, 5) is 8.79. The number of fused-ring (bicyclic) bond motifs is 3. The highest BCUT2D eigenvalue weighted by molar-refractivity contribution is 6.09. The minimum Gasteiger partial charge on any atom is -0.342 e. The highest BCUT2D eigenvalue weighted by Gasteiger charge is 2.11. The first-order chi connectivity index (χ1) is 11.2. The van der Waals surface area contributed by atoms with Crippen LogP contribution in [-0.4, -0.2) is 14.5 Å². The van der Waals surface area contributed by atoms with Crippen LogP contribution in [0.25, 0.3) is 34.0 Å². The SMILES string of the molecule is Cc1nc(/C=C/c2ccncc2)cc2c3ccccc3n(C)c12. The lowest BCUT2D eigenvalue weighted by Crippen LogP contribution is -1.93. The van der Waals surface area contributed by atoms with Gasteiger partial charge in [-0.1, -0.05) is 24.3 Å². The second kappa shape index (κ2) is 5.36. The fourth-order valence-electron chi connectivity index (χ4n) is 3.17. The minimum absolute atomic E-state index is 0.975. The molecule has 0 N–H and O–H groups in total. The van der Waals surface area contributed by atoms with Gasteiger partial charge < -0.3 is 4.57 Å². The number of hydrogen-bond donors (Lipinski definition) is 0. The van der Waals surface area contributed by atoms with Gasteiger partial charge in [0.05, 0.1) is 16.9 Å². The fraction of sp³-hybridized carbons (Fsp3) is 0.100. The number of aromatic nitrogens is 3. The van der Waals surface area contributed by atoms with Crippen molar-refractivity contribution in [2.45, 2.75) is 6.92 Å². The molecular formula is C20H17N3. The van der Waals surface area contributed by atoms with E-state index >= 15 is 0 Å². The molecule has 3 aromatic heterocycles. The lowest BCUT2D eigenvalue weighted by Gasteiger charge is -2.03. The van der Waals surface area contributed by atoms with Gasteiger partial charge in [0.1, 0.15) is 0 Å². The van der Waals surface area contributed by atoms with E-state index in [-0.39, 0.29) is 0 Å². The normalized spacial score (nSPS) is 11.7. The van der Waals surface area contributed by atoms with E-state index in [0.717, 1.165) is 17.0 Å². The molecule has 23 heavy (non-hydrogen) atoms. The molecule has 0 fully saturated rings. The minimum atomic E-state index is 0.975. The predicted molar refractivity (Wildman–Crippen MR) is 96.1 cm³/mol. The molecule has 0 amide bonds. The average molecular weight is 299 g/mol. The summed E-state index contributed by atoms with van der Waals surface area (Å²) in [6.45, 7) is 2.07. The predicted octanol–water partition coefficient (Wildman–Crippen LogP) is 4.60. The van der Waals surface area contributed by atoms with Crippen LogP contribution in [-0.2, 0) is 7.05 Å². The quantitative estimate of drug-likeness (QED) is 0.541. The van der Waals surface area contributed by atoms with Crippen molar-refractivity contribution in [2.24, 2.45) is 7.05 Å². The van der Waals surface area contributed by atoms with Gasteiger partial charge in [0.15, 0.2) is 0 Å². The van der Waals surface area contributed by atoms with Gasteiger partial charge in [-0.25, -0.2) is 0 Å². The molecular weight excluding hydrogens is 282 g/mol. The summed E-state index contributed by atoms with van der Waals surface area (Å²) in [5.74, 6) is 0. The van der Waals surface area contributed by atoms with E-state index in [1.54, 1.807) is 12.4 Å². The zero-order valence-corrected chi connectivity index (χ0v) is 13.2. The Bertz CT molecular complexity index is 1030. The standard InChI is InChI=1S/C20H17N3/c1-14-20-18(17-5-3-4-6-19(17)23(20)2)13-16(22-14)8-7-15-9-11-21-12-10-15/h3-13H,1-2H3/b8-7+. The van der Waals surface area contributed by atoms with E-state index in [1.807, 2.05) is 12.1 Å². The van der Waals surface area contributed by atoms with Crippen LogP contribution in [0, 0.1) is 6.92 Å². The van der Waals surface area contributed by atoms with Gasteiger partial charge in [-0.3, -0.25) is 9.97 Å². The number of rotatable bonds is 2. The maximum atomic E-state index is 4.75. The smallest absolute Gasteiger partial charge is 0.0705 e. The Kier molecular flexibility index (Phi) is 3.19. The molecule has 0 aliphatic rings. The first kappa shape index (κ1) is 13.7. The van der Waals surface area contributed by atoms with Crippen molar-refractivity contribution in [3.05, 3.63) is 71.8 Å². The van der Waals surface area contributed by atoms with Gasteiger partial charge in [-0.2, -0.15) is 0 Å². The molecule has 0 saturated heterocycles. The third-order valence-corrected chi connectivity index (χ3v) is 4.23. The molecule has 3 nitrogen and oxygen atoms in total. The van der Waals surface area contributed by atoms with Crippen molar-refractivity contribution >= 4 is 34.0 Å². The van der Waals surface area contributed by atoms with Crippen molar-refractivity contribution < 1.29 is 0 Å². The van der Waals surface area contributed by atoms with Gasteiger partial charge in [0.2, 0.25) is 0 Å². The number of nitrogens with zero attached hydrogens (tertiary/aromatic N) is 3. The van der Waals surface area contributed by atoms with Crippen LogP contribution in [0.3, 0.4) is 0 Å². The Balaban J connectivity index is 1.90. The van der Waals surface area contributed by atoms with E-state index in [2.05, 4.69) is 66.0 Å².